The lowest BCUT2D eigenvalue weighted by molar-refractivity contribution is -0.167. The van der Waals surface area contributed by atoms with E-state index in [1.54, 1.807) is 0 Å². The van der Waals surface area contributed by atoms with E-state index in [9.17, 15) is 43.5 Å². The lowest BCUT2D eigenvalue weighted by Gasteiger charge is -2.23. The first-order chi connectivity index (χ1) is 29.6. The van der Waals surface area contributed by atoms with Crippen LogP contribution in [0.25, 0.3) is 0 Å². The van der Waals surface area contributed by atoms with E-state index < -0.39 is 105 Å². The molecule has 2 rings (SSSR count). The second-order valence-electron chi connectivity index (χ2n) is 15.2. The number of H-pyrrole nitrogens is 1. The smallest absolute Gasteiger partial charge is 0.505 e. The Labute approximate surface area is 362 Å². The van der Waals surface area contributed by atoms with Gasteiger partial charge in [-0.1, -0.05) is 90.4 Å². The molecule has 1 aromatic heterocycles. The minimum Gasteiger partial charge on any atom is -0.505 e. The Morgan fingerprint density at radius 2 is 1.52 bits per heavy atom. The molecule has 0 bridgehead atoms. The molecule has 0 saturated carbocycles. The number of hydrogen-bond acceptors (Lipinski definition) is 14. The van der Waals surface area contributed by atoms with Crippen LogP contribution in [-0.4, -0.2) is 116 Å². The number of phosphoric acid groups is 1. The summed E-state index contributed by atoms with van der Waals surface area (Å²) in [6.07, 6.45) is 15.8. The second-order valence-corrected chi connectivity index (χ2v) is 16.3. The summed E-state index contributed by atoms with van der Waals surface area (Å²) in [4.78, 5) is 100. The van der Waals surface area contributed by atoms with Gasteiger partial charge in [0.2, 0.25) is 23.8 Å². The molecule has 1 aliphatic heterocycles. The van der Waals surface area contributed by atoms with Crippen LogP contribution in [0.4, 0.5) is 0 Å². The van der Waals surface area contributed by atoms with Gasteiger partial charge < -0.3 is 55.6 Å². The van der Waals surface area contributed by atoms with Crippen LogP contribution in [-0.2, 0) is 58.5 Å². The number of carboxylic acid groups (broad SMARTS) is 1. The highest BCUT2D eigenvalue weighted by Crippen LogP contribution is 2.42. The molecule has 3 amide bonds. The van der Waals surface area contributed by atoms with Crippen molar-refractivity contribution in [3.05, 3.63) is 29.7 Å². The zero-order valence-electron chi connectivity index (χ0n) is 35.7. The number of carboxylic acids is 1. The van der Waals surface area contributed by atoms with Gasteiger partial charge in [0.15, 0.2) is 11.9 Å². The standard InChI is InChI=1S/C40H67N6O15P/c1-2-3-4-5-6-7-8-9-10-11-12-13-14-17-22-58-26-31(36-35(50)37(40(54)60-36)61-62(55,56)57)59-34(49)20-19-32(47)43-25-33(48)45-29(18-15-16-21-41)38(51)46-30(39(52)53)23-28-24-42-27-44-28/h24,27,29-31,36,50H,2-23,25-26,41H2,1H3,(H,42,44)(H,43,47)(H,45,48)(H,46,51)(H,52,53)(H2,55,56,57). The molecule has 10 N–H and O–H groups in total. The molecule has 21 nitrogen and oxygen atoms in total. The molecule has 0 fully saturated rings. The van der Waals surface area contributed by atoms with Crippen molar-refractivity contribution in [2.45, 2.75) is 160 Å². The van der Waals surface area contributed by atoms with Crippen LogP contribution >= 0.6 is 7.82 Å². The van der Waals surface area contributed by atoms with Gasteiger partial charge in [-0.15, -0.1) is 0 Å². The predicted octanol–water partition coefficient (Wildman–Crippen LogP) is 3.25. The highest BCUT2D eigenvalue weighted by Gasteiger charge is 2.45. The lowest BCUT2D eigenvalue weighted by Crippen LogP contribution is -2.53. The first-order valence-corrected chi connectivity index (χ1v) is 23.1. The van der Waals surface area contributed by atoms with Crippen LogP contribution in [0.5, 0.6) is 0 Å². The largest absolute Gasteiger partial charge is 0.525 e. The summed E-state index contributed by atoms with van der Waals surface area (Å²) in [5.41, 5.74) is 6.02. The zero-order valence-corrected chi connectivity index (χ0v) is 36.6. The number of imidazole rings is 1. The number of cyclic esters (lactones) is 1. The molecule has 0 radical (unpaired) electrons. The number of aliphatic hydroxyl groups is 1. The third-order valence-electron chi connectivity index (χ3n) is 9.87. The van der Waals surface area contributed by atoms with Crippen LogP contribution in [0, 0.1) is 0 Å². The number of amides is 3. The molecule has 0 spiro atoms. The van der Waals surface area contributed by atoms with Crippen molar-refractivity contribution < 1.29 is 72.1 Å². The molecule has 62 heavy (non-hydrogen) atoms. The van der Waals surface area contributed by atoms with Crippen molar-refractivity contribution in [1.29, 1.82) is 0 Å². The van der Waals surface area contributed by atoms with Crippen molar-refractivity contribution in [2.75, 3.05) is 26.3 Å². The van der Waals surface area contributed by atoms with Gasteiger partial charge in [0, 0.05) is 31.3 Å². The van der Waals surface area contributed by atoms with Gasteiger partial charge in [-0.05, 0) is 32.2 Å². The normalized spacial score (nSPS) is 15.4. The molecule has 2 heterocycles. The predicted molar refractivity (Wildman–Crippen MR) is 223 cm³/mol. The monoisotopic (exact) mass is 902 g/mol. The molecular weight excluding hydrogens is 835 g/mol. The minimum absolute atomic E-state index is 0.0912. The summed E-state index contributed by atoms with van der Waals surface area (Å²) in [5.74, 6) is -8.17. The number of hydrogen-bond donors (Lipinski definition) is 9. The number of nitrogens with zero attached hydrogens (tertiary/aromatic N) is 1. The Kier molecular flexibility index (Phi) is 26.3. The van der Waals surface area contributed by atoms with Crippen molar-refractivity contribution in [3.8, 4) is 0 Å². The summed E-state index contributed by atoms with van der Waals surface area (Å²) in [6.45, 7) is 1.78. The maximum absolute atomic E-state index is 13.1. The Bertz CT molecular complexity index is 1610. The number of phosphoric ester groups is 1. The van der Waals surface area contributed by atoms with Crippen LogP contribution in [0.15, 0.2) is 24.0 Å². The zero-order chi connectivity index (χ0) is 45.8. The number of carbonyl (C=O) groups is 6. The van der Waals surface area contributed by atoms with Gasteiger partial charge in [-0.3, -0.25) is 29.0 Å². The molecule has 0 aromatic carbocycles. The highest BCUT2D eigenvalue weighted by molar-refractivity contribution is 7.46. The Balaban J connectivity index is 1.85. The SMILES string of the molecule is CCCCCCCCCCCCCCCCOCC(OC(=O)CCC(=O)NCC(=O)NC(CCCCN)C(=O)NC(Cc1cnc[nH]1)C(=O)O)C1OC(=O)C(OP(=O)(O)O)=C1O. The van der Waals surface area contributed by atoms with E-state index in [4.69, 9.17) is 29.7 Å². The highest BCUT2D eigenvalue weighted by atomic mass is 31.2. The molecule has 22 heteroatoms. The number of esters is 2. The summed E-state index contributed by atoms with van der Waals surface area (Å²) < 4.78 is 31.7. The van der Waals surface area contributed by atoms with Gasteiger partial charge in [0.1, 0.15) is 12.1 Å². The quantitative estimate of drug-likeness (QED) is 0.0265. The molecule has 0 aliphatic carbocycles. The third kappa shape index (κ3) is 23.0. The Morgan fingerprint density at radius 1 is 0.887 bits per heavy atom. The van der Waals surface area contributed by atoms with Crippen LogP contribution in [0.1, 0.15) is 135 Å². The molecule has 352 valence electrons. The fourth-order valence-electron chi connectivity index (χ4n) is 6.50. The number of unbranched alkanes of at least 4 members (excludes halogenated alkanes) is 14. The van der Waals surface area contributed by atoms with Crippen molar-refractivity contribution in [2.24, 2.45) is 5.73 Å². The minimum atomic E-state index is -5.28. The maximum Gasteiger partial charge on any atom is 0.525 e. The molecule has 1 aromatic rings. The summed E-state index contributed by atoms with van der Waals surface area (Å²) >= 11 is 0. The van der Waals surface area contributed by atoms with Crippen molar-refractivity contribution >= 4 is 43.5 Å². The average molecular weight is 903 g/mol. The Hall–Kier alpha value is -4.56. The number of aromatic nitrogens is 2. The fourth-order valence-corrected chi connectivity index (χ4v) is 6.91. The van der Waals surface area contributed by atoms with Gasteiger partial charge >= 0.3 is 25.7 Å². The number of carbonyl (C=O) groups excluding carboxylic acids is 5. The van der Waals surface area contributed by atoms with E-state index >= 15 is 0 Å². The van der Waals surface area contributed by atoms with E-state index in [0.717, 1.165) is 25.7 Å². The number of nitrogens with two attached hydrogens (primary N) is 1. The first kappa shape index (κ1) is 53.6. The number of aromatic amines is 1. The third-order valence-corrected chi connectivity index (χ3v) is 10.3. The van der Waals surface area contributed by atoms with E-state index in [1.165, 1.54) is 70.3 Å². The molecule has 4 unspecified atom stereocenters. The van der Waals surface area contributed by atoms with Gasteiger partial charge in [-0.2, -0.15) is 0 Å². The van der Waals surface area contributed by atoms with Crippen LogP contribution in [0.2, 0.25) is 0 Å². The summed E-state index contributed by atoms with van der Waals surface area (Å²) in [5, 5.41) is 27.4. The van der Waals surface area contributed by atoms with Crippen LogP contribution in [0.3, 0.4) is 0 Å². The van der Waals surface area contributed by atoms with E-state index in [0.29, 0.717) is 31.5 Å². The lowest BCUT2D eigenvalue weighted by atomic mass is 10.0. The average Bonchev–Trinajstić information content (AvgIpc) is 3.84. The van der Waals surface area contributed by atoms with Gasteiger partial charge in [0.25, 0.3) is 5.76 Å². The molecule has 1 aliphatic rings. The van der Waals surface area contributed by atoms with Gasteiger partial charge in [0.05, 0.1) is 25.9 Å². The Morgan fingerprint density at radius 3 is 2.08 bits per heavy atom. The van der Waals surface area contributed by atoms with E-state index in [1.807, 2.05) is 0 Å². The summed E-state index contributed by atoms with van der Waals surface area (Å²) in [6, 6.07) is -2.48. The maximum atomic E-state index is 13.1. The second kappa shape index (κ2) is 30.5. The molecule has 4 atom stereocenters. The molecular formula is C40H67N6O15P. The number of nitrogens with one attached hydrogen (secondary N) is 4. The topological polar surface area (TPSA) is 328 Å². The fraction of sp³-hybridized carbons (Fsp3) is 0.725. The van der Waals surface area contributed by atoms with E-state index in [-0.39, 0.29) is 19.4 Å². The van der Waals surface area contributed by atoms with Crippen LogP contribution < -0.4 is 21.7 Å². The van der Waals surface area contributed by atoms with Crippen molar-refractivity contribution in [1.82, 2.24) is 25.9 Å². The number of aliphatic carboxylic acids is 1. The van der Waals surface area contributed by atoms with Crippen molar-refractivity contribution in [3.63, 3.8) is 0 Å². The first-order valence-electron chi connectivity index (χ1n) is 21.6. The molecule has 0 saturated heterocycles. The summed E-state index contributed by atoms with van der Waals surface area (Å²) in [7, 11) is -5.28. The van der Waals surface area contributed by atoms with Gasteiger partial charge in [-0.25, -0.2) is 19.1 Å². The number of aliphatic hydroxyl groups excluding tert-OH is 1. The number of ether oxygens (including phenoxy) is 3. The number of rotatable bonds is 36. The van der Waals surface area contributed by atoms with E-state index in [2.05, 4.69) is 37.4 Å².